The summed E-state index contributed by atoms with van der Waals surface area (Å²) in [5, 5.41) is 10.8. The highest BCUT2D eigenvalue weighted by molar-refractivity contribution is 6.09. The van der Waals surface area contributed by atoms with Crippen LogP contribution in [0.2, 0.25) is 0 Å². The Bertz CT molecular complexity index is 869. The third kappa shape index (κ3) is 3.04. The van der Waals surface area contributed by atoms with Crippen molar-refractivity contribution in [3.8, 4) is 0 Å². The number of hydrogen-bond acceptors (Lipinski definition) is 5. The van der Waals surface area contributed by atoms with Gasteiger partial charge in [0.05, 0.1) is 5.52 Å². The summed E-state index contributed by atoms with van der Waals surface area (Å²) in [6.07, 6.45) is 5.59. The molecule has 3 aromatic rings. The van der Waals surface area contributed by atoms with Gasteiger partial charge in [-0.1, -0.05) is 30.3 Å². The van der Waals surface area contributed by atoms with Crippen LogP contribution < -0.4 is 5.73 Å². The standard InChI is InChI=1S/C18H23N5O/c1-3-12-23-15(10-6-7-11-20-24-2)16-13-8-4-5-9-14(13)21-18(19)17(16)22-23/h4-5,8-9,11H,3,6-7,10,12H2,1-2H3,(H2,19,21). The predicted octanol–water partition coefficient (Wildman–Crippen LogP) is 3.53. The molecular weight excluding hydrogens is 302 g/mol. The Hall–Kier alpha value is -2.63. The first-order chi connectivity index (χ1) is 11.8. The first-order valence-electron chi connectivity index (χ1n) is 8.34. The van der Waals surface area contributed by atoms with Crippen molar-refractivity contribution in [2.75, 3.05) is 12.8 Å². The number of benzene rings is 1. The van der Waals surface area contributed by atoms with Gasteiger partial charge < -0.3 is 10.6 Å². The van der Waals surface area contributed by atoms with E-state index in [0.717, 1.165) is 54.0 Å². The molecule has 6 nitrogen and oxygen atoms in total. The van der Waals surface area contributed by atoms with Gasteiger partial charge in [0.15, 0.2) is 5.82 Å². The van der Waals surface area contributed by atoms with Crippen molar-refractivity contribution in [2.45, 2.75) is 39.2 Å². The lowest BCUT2D eigenvalue weighted by atomic mass is 10.1. The number of nitrogens with two attached hydrogens (primary N) is 1. The Morgan fingerprint density at radius 2 is 2.17 bits per heavy atom. The van der Waals surface area contributed by atoms with Crippen LogP contribution in [-0.2, 0) is 17.8 Å². The summed E-state index contributed by atoms with van der Waals surface area (Å²) in [7, 11) is 1.56. The van der Waals surface area contributed by atoms with Gasteiger partial charge in [0.2, 0.25) is 0 Å². The van der Waals surface area contributed by atoms with Crippen LogP contribution in [0.1, 0.15) is 31.9 Å². The predicted molar refractivity (Wildman–Crippen MR) is 98.2 cm³/mol. The number of nitrogen functional groups attached to an aromatic ring is 1. The molecule has 126 valence electrons. The van der Waals surface area contributed by atoms with Crippen LogP contribution in [0.5, 0.6) is 0 Å². The fraction of sp³-hybridized carbons (Fsp3) is 0.389. The summed E-state index contributed by atoms with van der Waals surface area (Å²) in [6, 6.07) is 8.11. The minimum absolute atomic E-state index is 0.501. The van der Waals surface area contributed by atoms with Gasteiger partial charge >= 0.3 is 0 Å². The molecule has 0 bridgehead atoms. The van der Waals surface area contributed by atoms with Crippen LogP contribution in [0.3, 0.4) is 0 Å². The number of oxime groups is 1. The summed E-state index contributed by atoms with van der Waals surface area (Å²) < 4.78 is 2.09. The molecule has 2 aromatic heterocycles. The molecule has 3 rings (SSSR count). The molecule has 6 heteroatoms. The smallest absolute Gasteiger partial charge is 0.152 e. The molecule has 0 amide bonds. The van der Waals surface area contributed by atoms with Gasteiger partial charge in [-0.2, -0.15) is 5.10 Å². The van der Waals surface area contributed by atoms with Crippen molar-refractivity contribution in [3.63, 3.8) is 0 Å². The maximum Gasteiger partial charge on any atom is 0.152 e. The Kier molecular flexibility index (Phi) is 4.93. The van der Waals surface area contributed by atoms with Crippen molar-refractivity contribution in [1.29, 1.82) is 0 Å². The van der Waals surface area contributed by atoms with E-state index in [2.05, 4.69) is 27.8 Å². The number of nitrogens with zero attached hydrogens (tertiary/aromatic N) is 4. The molecule has 0 saturated heterocycles. The highest BCUT2D eigenvalue weighted by Gasteiger charge is 2.16. The molecule has 0 saturated carbocycles. The van der Waals surface area contributed by atoms with Gasteiger partial charge in [-0.3, -0.25) is 4.68 Å². The first kappa shape index (κ1) is 16.2. The zero-order valence-electron chi connectivity index (χ0n) is 14.2. The van der Waals surface area contributed by atoms with Gasteiger partial charge in [0.1, 0.15) is 12.6 Å². The third-order valence-corrected chi connectivity index (χ3v) is 4.08. The van der Waals surface area contributed by atoms with E-state index in [0.29, 0.717) is 5.82 Å². The number of aryl methyl sites for hydroxylation is 2. The van der Waals surface area contributed by atoms with E-state index in [4.69, 9.17) is 15.7 Å². The summed E-state index contributed by atoms with van der Waals surface area (Å²) in [5.74, 6) is 0.501. The molecular formula is C18H23N5O. The summed E-state index contributed by atoms with van der Waals surface area (Å²) in [4.78, 5) is 9.22. The normalized spacial score (nSPS) is 11.8. The van der Waals surface area contributed by atoms with Crippen molar-refractivity contribution in [1.82, 2.24) is 14.8 Å². The molecule has 0 atom stereocenters. The van der Waals surface area contributed by atoms with Gasteiger partial charge in [-0.25, -0.2) is 4.98 Å². The van der Waals surface area contributed by atoms with E-state index in [9.17, 15) is 0 Å². The van der Waals surface area contributed by atoms with Crippen molar-refractivity contribution in [2.24, 2.45) is 5.16 Å². The number of anilines is 1. The highest BCUT2D eigenvalue weighted by Crippen LogP contribution is 2.31. The van der Waals surface area contributed by atoms with Crippen molar-refractivity contribution < 1.29 is 4.84 Å². The lowest BCUT2D eigenvalue weighted by molar-refractivity contribution is 0.214. The molecule has 1 aromatic carbocycles. The van der Waals surface area contributed by atoms with E-state index >= 15 is 0 Å². The van der Waals surface area contributed by atoms with E-state index in [1.807, 2.05) is 18.2 Å². The molecule has 0 fully saturated rings. The molecule has 0 radical (unpaired) electrons. The van der Waals surface area contributed by atoms with Crippen LogP contribution in [0.25, 0.3) is 21.8 Å². The molecule has 0 aliphatic rings. The molecule has 0 unspecified atom stereocenters. The van der Waals surface area contributed by atoms with Crippen LogP contribution in [-0.4, -0.2) is 28.1 Å². The van der Waals surface area contributed by atoms with E-state index in [-0.39, 0.29) is 0 Å². The van der Waals surface area contributed by atoms with E-state index in [1.54, 1.807) is 13.3 Å². The first-order valence-corrected chi connectivity index (χ1v) is 8.34. The third-order valence-electron chi connectivity index (χ3n) is 4.08. The lowest BCUT2D eigenvalue weighted by Crippen LogP contribution is -2.04. The van der Waals surface area contributed by atoms with Gasteiger partial charge in [-0.15, -0.1) is 0 Å². The Morgan fingerprint density at radius 3 is 2.96 bits per heavy atom. The topological polar surface area (TPSA) is 78.3 Å². The lowest BCUT2D eigenvalue weighted by Gasteiger charge is -2.07. The second kappa shape index (κ2) is 7.29. The Labute approximate surface area is 141 Å². The zero-order chi connectivity index (χ0) is 16.9. The summed E-state index contributed by atoms with van der Waals surface area (Å²) in [5.41, 5.74) is 9.12. The average molecular weight is 325 g/mol. The molecule has 24 heavy (non-hydrogen) atoms. The van der Waals surface area contributed by atoms with Gasteiger partial charge in [0.25, 0.3) is 0 Å². The number of unbranched alkanes of at least 4 members (excludes halogenated alkanes) is 1. The van der Waals surface area contributed by atoms with Gasteiger partial charge in [0, 0.05) is 29.2 Å². The minimum atomic E-state index is 0.501. The maximum absolute atomic E-state index is 6.17. The number of hydrogen-bond donors (Lipinski definition) is 1. The van der Waals surface area contributed by atoms with Crippen LogP contribution >= 0.6 is 0 Å². The number of para-hydroxylation sites is 1. The number of aromatic nitrogens is 3. The Morgan fingerprint density at radius 1 is 1.33 bits per heavy atom. The fourth-order valence-corrected chi connectivity index (χ4v) is 3.06. The fourth-order valence-electron chi connectivity index (χ4n) is 3.06. The number of pyridine rings is 1. The SMILES string of the molecule is CCCn1nc2c(N)nc3ccccc3c2c1CCCC=NOC. The second-order valence-electron chi connectivity index (χ2n) is 5.77. The largest absolute Gasteiger partial charge is 0.399 e. The van der Waals surface area contributed by atoms with Gasteiger partial charge in [-0.05, 0) is 31.7 Å². The van der Waals surface area contributed by atoms with Crippen LogP contribution in [0.15, 0.2) is 29.4 Å². The molecule has 0 spiro atoms. The van der Waals surface area contributed by atoms with Crippen molar-refractivity contribution >= 4 is 33.8 Å². The minimum Gasteiger partial charge on any atom is -0.399 e. The molecule has 2 N–H and O–H groups in total. The number of rotatable bonds is 7. The van der Waals surface area contributed by atoms with Crippen LogP contribution in [0, 0.1) is 0 Å². The molecule has 2 heterocycles. The Balaban J connectivity index is 2.09. The second-order valence-corrected chi connectivity index (χ2v) is 5.77. The highest BCUT2D eigenvalue weighted by atomic mass is 16.6. The maximum atomic E-state index is 6.17. The van der Waals surface area contributed by atoms with Crippen LogP contribution in [0.4, 0.5) is 5.82 Å². The van der Waals surface area contributed by atoms with Crippen molar-refractivity contribution in [3.05, 3.63) is 30.0 Å². The monoisotopic (exact) mass is 325 g/mol. The molecule has 0 aliphatic carbocycles. The quantitative estimate of drug-likeness (QED) is 0.409. The summed E-state index contributed by atoms with van der Waals surface area (Å²) >= 11 is 0. The summed E-state index contributed by atoms with van der Waals surface area (Å²) in [6.45, 7) is 3.03. The molecule has 0 aliphatic heterocycles. The van der Waals surface area contributed by atoms with E-state index < -0.39 is 0 Å². The zero-order valence-corrected chi connectivity index (χ0v) is 14.2. The van der Waals surface area contributed by atoms with E-state index in [1.165, 1.54) is 5.69 Å². The number of fused-ring (bicyclic) bond motifs is 3. The average Bonchev–Trinajstić information content (AvgIpc) is 2.95.